The molecule has 3 N–H and O–H groups in total. The summed E-state index contributed by atoms with van der Waals surface area (Å²) < 4.78 is 0. The summed E-state index contributed by atoms with van der Waals surface area (Å²) >= 11 is 0. The number of carbonyl (C=O) groups excluding carboxylic acids is 1. The number of amides is 1. The Labute approximate surface area is 92.8 Å². The quantitative estimate of drug-likeness (QED) is 0.747. The summed E-state index contributed by atoms with van der Waals surface area (Å²) in [5.41, 5.74) is 5.73. The molecule has 1 rings (SSSR count). The van der Waals surface area contributed by atoms with Gasteiger partial charge in [-0.25, -0.2) is 0 Å². The predicted molar refractivity (Wildman–Crippen MR) is 62.4 cm³/mol. The summed E-state index contributed by atoms with van der Waals surface area (Å²) in [4.78, 5) is 11.8. The molecule has 0 bridgehead atoms. The zero-order chi connectivity index (χ0) is 11.6. The smallest absolute Gasteiger partial charge is 0.237 e. The summed E-state index contributed by atoms with van der Waals surface area (Å²) in [7, 11) is 0. The average molecular weight is 212 g/mol. The van der Waals surface area contributed by atoms with Gasteiger partial charge in [0.05, 0.1) is 6.04 Å². The van der Waals surface area contributed by atoms with Crippen LogP contribution in [0.4, 0.5) is 0 Å². The Morgan fingerprint density at radius 1 is 1.40 bits per heavy atom. The van der Waals surface area contributed by atoms with Crippen molar-refractivity contribution in [3.05, 3.63) is 0 Å². The lowest BCUT2D eigenvalue weighted by Gasteiger charge is -2.34. The van der Waals surface area contributed by atoms with Crippen LogP contribution in [0.15, 0.2) is 0 Å². The van der Waals surface area contributed by atoms with Crippen LogP contribution in [-0.4, -0.2) is 18.0 Å². The van der Waals surface area contributed by atoms with E-state index >= 15 is 0 Å². The molecule has 3 heteroatoms. The molecule has 88 valence electrons. The van der Waals surface area contributed by atoms with E-state index in [0.717, 1.165) is 0 Å². The number of carbonyl (C=O) groups is 1. The van der Waals surface area contributed by atoms with Crippen molar-refractivity contribution in [2.24, 2.45) is 17.1 Å². The fraction of sp³-hybridized carbons (Fsp3) is 0.917. The fourth-order valence-electron chi connectivity index (χ4n) is 1.77. The van der Waals surface area contributed by atoms with Crippen molar-refractivity contribution in [1.29, 1.82) is 0 Å². The molecule has 1 amide bonds. The van der Waals surface area contributed by atoms with Gasteiger partial charge in [-0.1, -0.05) is 27.2 Å². The molecule has 1 unspecified atom stereocenters. The van der Waals surface area contributed by atoms with Gasteiger partial charge >= 0.3 is 0 Å². The first-order valence-corrected chi connectivity index (χ1v) is 5.88. The third-order valence-corrected chi connectivity index (χ3v) is 3.44. The van der Waals surface area contributed by atoms with E-state index in [0.29, 0.717) is 5.92 Å². The molecular weight excluding hydrogens is 188 g/mol. The second kappa shape index (κ2) is 4.52. The molecule has 0 radical (unpaired) electrons. The van der Waals surface area contributed by atoms with Gasteiger partial charge in [-0.2, -0.15) is 0 Å². The third-order valence-electron chi connectivity index (χ3n) is 3.44. The topological polar surface area (TPSA) is 55.1 Å². The van der Waals surface area contributed by atoms with Crippen molar-refractivity contribution < 1.29 is 4.79 Å². The Morgan fingerprint density at radius 2 is 1.93 bits per heavy atom. The van der Waals surface area contributed by atoms with Gasteiger partial charge in [0, 0.05) is 6.04 Å². The van der Waals surface area contributed by atoms with Crippen LogP contribution in [0, 0.1) is 11.3 Å². The second-order valence-electron chi connectivity index (χ2n) is 5.83. The molecule has 0 saturated heterocycles. The van der Waals surface area contributed by atoms with Gasteiger partial charge in [0.15, 0.2) is 0 Å². The minimum atomic E-state index is -0.417. The summed E-state index contributed by atoms with van der Waals surface area (Å²) in [6, 6.07) is -0.139. The molecule has 1 aliphatic rings. The minimum absolute atomic E-state index is 0.0121. The Bertz CT molecular complexity index is 228. The second-order valence-corrected chi connectivity index (χ2v) is 5.83. The van der Waals surface area contributed by atoms with E-state index in [-0.39, 0.29) is 17.4 Å². The molecule has 0 aliphatic heterocycles. The van der Waals surface area contributed by atoms with Crippen LogP contribution in [0.2, 0.25) is 0 Å². The first-order chi connectivity index (χ1) is 6.82. The summed E-state index contributed by atoms with van der Waals surface area (Å²) in [5.74, 6) is 0.656. The number of hydrogen-bond donors (Lipinski definition) is 2. The molecule has 0 spiro atoms. The van der Waals surface area contributed by atoms with Gasteiger partial charge in [-0.15, -0.1) is 0 Å². The number of nitrogens with two attached hydrogens (primary N) is 1. The van der Waals surface area contributed by atoms with Gasteiger partial charge in [0.25, 0.3) is 0 Å². The van der Waals surface area contributed by atoms with E-state index in [2.05, 4.69) is 12.2 Å². The highest BCUT2D eigenvalue weighted by molar-refractivity contribution is 5.82. The molecule has 0 aromatic rings. The molecule has 1 saturated carbocycles. The monoisotopic (exact) mass is 212 g/mol. The highest BCUT2D eigenvalue weighted by Gasteiger charge is 2.31. The van der Waals surface area contributed by atoms with E-state index in [9.17, 15) is 4.79 Å². The van der Waals surface area contributed by atoms with Crippen molar-refractivity contribution in [2.75, 3.05) is 0 Å². The zero-order valence-corrected chi connectivity index (χ0v) is 10.3. The molecule has 1 aliphatic carbocycles. The molecule has 0 aromatic heterocycles. The van der Waals surface area contributed by atoms with Gasteiger partial charge in [-0.3, -0.25) is 4.79 Å². The van der Waals surface area contributed by atoms with Crippen molar-refractivity contribution in [3.63, 3.8) is 0 Å². The van der Waals surface area contributed by atoms with E-state index in [1.807, 2.05) is 20.8 Å². The number of hydrogen-bond acceptors (Lipinski definition) is 2. The molecular formula is C12H24N2O. The van der Waals surface area contributed by atoms with Crippen molar-refractivity contribution >= 4 is 5.91 Å². The van der Waals surface area contributed by atoms with Crippen LogP contribution in [-0.2, 0) is 4.79 Å². The minimum Gasteiger partial charge on any atom is -0.352 e. The van der Waals surface area contributed by atoms with Crippen LogP contribution in [0.1, 0.15) is 47.0 Å². The molecule has 3 nitrogen and oxygen atoms in total. The van der Waals surface area contributed by atoms with Crippen LogP contribution in [0.3, 0.4) is 0 Å². The normalized spacial score (nSPS) is 21.7. The average Bonchev–Trinajstić information content (AvgIpc) is 1.97. The first-order valence-electron chi connectivity index (χ1n) is 5.88. The lowest BCUT2D eigenvalue weighted by molar-refractivity contribution is -0.125. The molecule has 1 fully saturated rings. The highest BCUT2D eigenvalue weighted by atomic mass is 16.2. The molecule has 0 aromatic carbocycles. The number of rotatable bonds is 3. The summed E-state index contributed by atoms with van der Waals surface area (Å²) in [5, 5.41) is 3.02. The lowest BCUT2D eigenvalue weighted by Crippen LogP contribution is -2.52. The van der Waals surface area contributed by atoms with Crippen molar-refractivity contribution in [3.8, 4) is 0 Å². The Kier molecular flexibility index (Phi) is 3.77. The summed E-state index contributed by atoms with van der Waals surface area (Å²) in [6.07, 6.45) is 3.79. The maximum atomic E-state index is 11.8. The third kappa shape index (κ3) is 3.20. The lowest BCUT2D eigenvalue weighted by atomic mass is 9.80. The SMILES string of the molecule is CC(NC(=O)[C@H](N)C(C)(C)C)C1CCC1. The first kappa shape index (κ1) is 12.5. The van der Waals surface area contributed by atoms with E-state index < -0.39 is 6.04 Å². The van der Waals surface area contributed by atoms with Crippen LogP contribution in [0.5, 0.6) is 0 Å². The molecule has 0 heterocycles. The van der Waals surface area contributed by atoms with Gasteiger partial charge in [0.2, 0.25) is 5.91 Å². The maximum Gasteiger partial charge on any atom is 0.237 e. The predicted octanol–water partition coefficient (Wildman–Crippen LogP) is 1.66. The van der Waals surface area contributed by atoms with Crippen LogP contribution < -0.4 is 11.1 Å². The van der Waals surface area contributed by atoms with Crippen LogP contribution in [0.25, 0.3) is 0 Å². The van der Waals surface area contributed by atoms with Crippen LogP contribution >= 0.6 is 0 Å². The van der Waals surface area contributed by atoms with E-state index in [4.69, 9.17) is 5.73 Å². The molecule has 15 heavy (non-hydrogen) atoms. The fourth-order valence-corrected chi connectivity index (χ4v) is 1.77. The Balaban J connectivity index is 2.40. The Morgan fingerprint density at radius 3 is 2.27 bits per heavy atom. The Hall–Kier alpha value is -0.570. The van der Waals surface area contributed by atoms with Gasteiger partial charge < -0.3 is 11.1 Å². The zero-order valence-electron chi connectivity index (χ0n) is 10.3. The van der Waals surface area contributed by atoms with E-state index in [1.165, 1.54) is 19.3 Å². The molecule has 2 atom stereocenters. The van der Waals surface area contributed by atoms with E-state index in [1.54, 1.807) is 0 Å². The maximum absolute atomic E-state index is 11.8. The van der Waals surface area contributed by atoms with Crippen molar-refractivity contribution in [1.82, 2.24) is 5.32 Å². The standard InChI is InChI=1S/C12H24N2O/c1-8(9-6-5-7-9)14-11(15)10(13)12(2,3)4/h8-10H,5-7,13H2,1-4H3,(H,14,15)/t8?,10-/m0/s1. The highest BCUT2D eigenvalue weighted by Crippen LogP contribution is 2.29. The largest absolute Gasteiger partial charge is 0.352 e. The van der Waals surface area contributed by atoms with Crippen molar-refractivity contribution in [2.45, 2.75) is 59.0 Å². The van der Waals surface area contributed by atoms with Gasteiger partial charge in [-0.05, 0) is 31.1 Å². The summed E-state index contributed by atoms with van der Waals surface area (Å²) in [6.45, 7) is 8.05. The van der Waals surface area contributed by atoms with Gasteiger partial charge in [0.1, 0.15) is 0 Å². The number of nitrogens with one attached hydrogen (secondary N) is 1.